The SMILES string of the molecule is CCOc1cccc(C(O)(C(=O)N2CCC(CC3CCN(c4ccc(C=O)c(Cl)n4)CC3)CC2)C(F)(F)F)c1. The molecule has 0 radical (unpaired) electrons. The Kier molecular flexibility index (Phi) is 9.06. The molecule has 11 heteroatoms. The summed E-state index contributed by atoms with van der Waals surface area (Å²) in [6, 6.07) is 8.46. The quantitative estimate of drug-likeness (QED) is 0.347. The zero-order valence-electron chi connectivity index (χ0n) is 21.8. The number of aliphatic hydroxyl groups is 1. The van der Waals surface area contributed by atoms with Crippen molar-refractivity contribution in [3.8, 4) is 5.75 Å². The van der Waals surface area contributed by atoms with Crippen molar-refractivity contribution < 1.29 is 32.6 Å². The highest BCUT2D eigenvalue weighted by molar-refractivity contribution is 6.31. The molecular formula is C28H33ClF3N3O4. The van der Waals surface area contributed by atoms with E-state index in [1.54, 1.807) is 19.1 Å². The van der Waals surface area contributed by atoms with Crippen LogP contribution in [0.1, 0.15) is 54.9 Å². The summed E-state index contributed by atoms with van der Waals surface area (Å²) >= 11 is 6.07. The van der Waals surface area contributed by atoms with Crippen LogP contribution in [0.5, 0.6) is 5.75 Å². The molecule has 0 bridgehead atoms. The van der Waals surface area contributed by atoms with E-state index in [4.69, 9.17) is 16.3 Å². The van der Waals surface area contributed by atoms with Gasteiger partial charge in [-0.3, -0.25) is 9.59 Å². The molecule has 2 aromatic rings. The van der Waals surface area contributed by atoms with Gasteiger partial charge in [-0.05, 0) is 75.1 Å². The Morgan fingerprint density at radius 1 is 1.10 bits per heavy atom. The molecule has 2 fully saturated rings. The van der Waals surface area contributed by atoms with E-state index in [-0.39, 0.29) is 30.6 Å². The number of benzene rings is 1. The van der Waals surface area contributed by atoms with Gasteiger partial charge in [-0.1, -0.05) is 23.7 Å². The second kappa shape index (κ2) is 12.1. The topological polar surface area (TPSA) is 83.0 Å². The highest BCUT2D eigenvalue weighted by atomic mass is 35.5. The first kappa shape index (κ1) is 29.1. The second-order valence-electron chi connectivity index (χ2n) is 10.2. The summed E-state index contributed by atoms with van der Waals surface area (Å²) in [6.07, 6.45) is -0.517. The molecule has 1 N–H and O–H groups in total. The molecule has 212 valence electrons. The predicted molar refractivity (Wildman–Crippen MR) is 141 cm³/mol. The third kappa shape index (κ3) is 6.32. The fraction of sp³-hybridized carbons (Fsp3) is 0.536. The van der Waals surface area contributed by atoms with Gasteiger partial charge in [0.25, 0.3) is 11.5 Å². The molecule has 1 aromatic heterocycles. The van der Waals surface area contributed by atoms with Gasteiger partial charge in [-0.2, -0.15) is 13.2 Å². The van der Waals surface area contributed by atoms with Crippen molar-refractivity contribution in [3.05, 3.63) is 52.7 Å². The van der Waals surface area contributed by atoms with Crippen LogP contribution in [-0.2, 0) is 10.4 Å². The van der Waals surface area contributed by atoms with Gasteiger partial charge in [-0.25, -0.2) is 4.98 Å². The van der Waals surface area contributed by atoms with Crippen LogP contribution in [-0.4, -0.2) is 66.1 Å². The molecule has 1 amide bonds. The van der Waals surface area contributed by atoms with Crippen molar-refractivity contribution in [3.63, 3.8) is 0 Å². The predicted octanol–water partition coefficient (Wildman–Crippen LogP) is 5.24. The van der Waals surface area contributed by atoms with Gasteiger partial charge in [0.15, 0.2) is 6.29 Å². The first-order chi connectivity index (χ1) is 18.6. The average Bonchev–Trinajstić information content (AvgIpc) is 2.93. The van der Waals surface area contributed by atoms with Gasteiger partial charge < -0.3 is 19.6 Å². The molecule has 4 rings (SSSR count). The summed E-state index contributed by atoms with van der Waals surface area (Å²) in [7, 11) is 0. The van der Waals surface area contributed by atoms with E-state index in [1.807, 2.05) is 0 Å². The maximum absolute atomic E-state index is 14.1. The molecule has 1 aromatic carbocycles. The largest absolute Gasteiger partial charge is 0.494 e. The number of likely N-dealkylation sites (tertiary alicyclic amines) is 1. The third-order valence-corrected chi connectivity index (χ3v) is 8.08. The van der Waals surface area contributed by atoms with E-state index in [0.29, 0.717) is 36.5 Å². The van der Waals surface area contributed by atoms with Gasteiger partial charge in [0.1, 0.15) is 16.7 Å². The van der Waals surface area contributed by atoms with Crippen LogP contribution in [0.15, 0.2) is 36.4 Å². The number of nitrogens with zero attached hydrogens (tertiary/aromatic N) is 3. The van der Waals surface area contributed by atoms with Crippen LogP contribution in [0.2, 0.25) is 5.15 Å². The number of anilines is 1. The molecule has 2 aliphatic heterocycles. The van der Waals surface area contributed by atoms with Crippen LogP contribution >= 0.6 is 11.6 Å². The van der Waals surface area contributed by atoms with Crippen molar-refractivity contribution in [2.24, 2.45) is 11.8 Å². The van der Waals surface area contributed by atoms with E-state index in [0.717, 1.165) is 55.2 Å². The number of hydrogen-bond acceptors (Lipinski definition) is 6. The van der Waals surface area contributed by atoms with Crippen molar-refractivity contribution in [2.75, 3.05) is 37.7 Å². The summed E-state index contributed by atoms with van der Waals surface area (Å²) in [5.74, 6) is 0.311. The summed E-state index contributed by atoms with van der Waals surface area (Å²) in [5.41, 5.74) is -3.83. The van der Waals surface area contributed by atoms with Crippen molar-refractivity contribution in [1.29, 1.82) is 0 Å². The zero-order chi connectivity index (χ0) is 28.2. The van der Waals surface area contributed by atoms with Crippen LogP contribution in [0.25, 0.3) is 0 Å². The maximum atomic E-state index is 14.1. The van der Waals surface area contributed by atoms with Crippen molar-refractivity contribution in [2.45, 2.75) is 50.8 Å². The van der Waals surface area contributed by atoms with Crippen molar-refractivity contribution in [1.82, 2.24) is 9.88 Å². The standard InChI is InChI=1S/C28H33ClF3N3O4/c1-2-39-23-5-3-4-22(17-23)27(38,28(30,31)32)26(37)35-14-10-20(11-15-35)16-19-8-12-34(13-9-19)24-7-6-21(18-36)25(29)33-24/h3-7,17-20,38H,2,8-16H2,1H3. The molecule has 7 nitrogen and oxygen atoms in total. The average molecular weight is 568 g/mol. The lowest BCUT2D eigenvalue weighted by Crippen LogP contribution is -2.57. The lowest BCUT2D eigenvalue weighted by Gasteiger charge is -2.40. The van der Waals surface area contributed by atoms with Crippen LogP contribution in [0, 0.1) is 11.8 Å². The number of alkyl halides is 3. The zero-order valence-corrected chi connectivity index (χ0v) is 22.5. The Morgan fingerprint density at radius 2 is 1.74 bits per heavy atom. The number of rotatable bonds is 8. The number of ether oxygens (including phenoxy) is 1. The van der Waals surface area contributed by atoms with E-state index >= 15 is 0 Å². The number of halogens is 4. The summed E-state index contributed by atoms with van der Waals surface area (Å²) in [6.45, 7) is 3.86. The highest BCUT2D eigenvalue weighted by Gasteiger charge is 2.62. The van der Waals surface area contributed by atoms with E-state index < -0.39 is 23.2 Å². The monoisotopic (exact) mass is 567 g/mol. The van der Waals surface area contributed by atoms with Crippen LogP contribution in [0.4, 0.5) is 19.0 Å². The highest BCUT2D eigenvalue weighted by Crippen LogP contribution is 2.42. The number of carbonyl (C=O) groups excluding carboxylic acids is 2. The number of aromatic nitrogens is 1. The number of pyridine rings is 1. The Morgan fingerprint density at radius 3 is 2.31 bits per heavy atom. The Labute approximate surface area is 230 Å². The molecule has 0 aliphatic carbocycles. The molecule has 39 heavy (non-hydrogen) atoms. The number of piperidine rings is 2. The van der Waals surface area contributed by atoms with Gasteiger partial charge in [-0.15, -0.1) is 0 Å². The minimum atomic E-state index is -5.19. The first-order valence-electron chi connectivity index (χ1n) is 13.2. The Hall–Kier alpha value is -2.85. The smallest absolute Gasteiger partial charge is 0.430 e. The minimum absolute atomic E-state index is 0.159. The fourth-order valence-corrected chi connectivity index (χ4v) is 5.75. The third-order valence-electron chi connectivity index (χ3n) is 7.78. The summed E-state index contributed by atoms with van der Waals surface area (Å²) in [4.78, 5) is 31.7. The molecule has 2 aliphatic rings. The molecule has 0 saturated carbocycles. The van der Waals surface area contributed by atoms with Crippen molar-refractivity contribution >= 4 is 29.6 Å². The van der Waals surface area contributed by atoms with Gasteiger partial charge in [0.2, 0.25) is 0 Å². The fourth-order valence-electron chi connectivity index (χ4n) is 5.56. The molecule has 3 heterocycles. The van der Waals surface area contributed by atoms with E-state index in [1.165, 1.54) is 12.1 Å². The molecule has 1 unspecified atom stereocenters. The minimum Gasteiger partial charge on any atom is -0.494 e. The van der Waals surface area contributed by atoms with E-state index in [9.17, 15) is 27.9 Å². The number of aldehydes is 1. The lowest BCUT2D eigenvalue weighted by atomic mass is 9.82. The van der Waals surface area contributed by atoms with Gasteiger partial charge in [0.05, 0.1) is 12.2 Å². The summed E-state index contributed by atoms with van der Waals surface area (Å²) in [5, 5.41) is 11.0. The lowest BCUT2D eigenvalue weighted by molar-refractivity contribution is -0.262. The Balaban J connectivity index is 1.33. The second-order valence-corrected chi connectivity index (χ2v) is 10.6. The molecule has 2 saturated heterocycles. The van der Waals surface area contributed by atoms with Crippen LogP contribution in [0.3, 0.4) is 0 Å². The van der Waals surface area contributed by atoms with Gasteiger partial charge >= 0.3 is 6.18 Å². The summed E-state index contributed by atoms with van der Waals surface area (Å²) < 4.78 is 47.7. The Bertz CT molecular complexity index is 1160. The number of hydrogen-bond donors (Lipinski definition) is 1. The number of amides is 1. The normalized spacial score (nSPS) is 19.0. The molecular weight excluding hydrogens is 535 g/mol. The molecule has 1 atom stereocenters. The van der Waals surface area contributed by atoms with E-state index in [2.05, 4.69) is 9.88 Å². The molecule has 0 spiro atoms. The van der Waals surface area contributed by atoms with Gasteiger partial charge in [0, 0.05) is 31.7 Å². The first-order valence-corrected chi connectivity index (χ1v) is 13.6. The maximum Gasteiger partial charge on any atom is 0.430 e. The van der Waals surface area contributed by atoms with Crippen LogP contribution < -0.4 is 9.64 Å². The number of carbonyl (C=O) groups is 2.